The Kier molecular flexibility index (Phi) is 5.42. The molecule has 0 aliphatic heterocycles. The van der Waals surface area contributed by atoms with Gasteiger partial charge in [0.05, 0.1) is 18.3 Å². The van der Waals surface area contributed by atoms with Crippen LogP contribution in [0, 0.1) is 6.92 Å². The van der Waals surface area contributed by atoms with Gasteiger partial charge in [-0.05, 0) is 30.2 Å². The second-order valence-corrected chi connectivity index (χ2v) is 5.98. The van der Waals surface area contributed by atoms with Crippen LogP contribution in [0.5, 0.6) is 0 Å². The zero-order valence-electron chi connectivity index (χ0n) is 14.2. The normalized spacial score (nSPS) is 10.3. The van der Waals surface area contributed by atoms with Crippen LogP contribution in [-0.2, 0) is 17.8 Å². The molecule has 1 amide bonds. The van der Waals surface area contributed by atoms with Gasteiger partial charge in [0.2, 0.25) is 5.91 Å². The Balaban J connectivity index is 1.51. The van der Waals surface area contributed by atoms with Gasteiger partial charge in [0.25, 0.3) is 0 Å². The van der Waals surface area contributed by atoms with Crippen LogP contribution in [0.3, 0.4) is 0 Å². The molecule has 0 unspecified atom stereocenters. The number of amides is 1. The summed E-state index contributed by atoms with van der Waals surface area (Å²) in [7, 11) is 0. The summed E-state index contributed by atoms with van der Waals surface area (Å²) < 4.78 is 0. The summed E-state index contributed by atoms with van der Waals surface area (Å²) in [6.07, 6.45) is 2.07. The van der Waals surface area contributed by atoms with Crippen LogP contribution in [0.1, 0.15) is 16.7 Å². The SMILES string of the molecule is Cc1ccc(CNc2ccc(NC(=O)Cc3ccccc3)nc2)cc1. The standard InChI is InChI=1S/C21H21N3O/c1-16-7-9-18(10-8-16)14-22-19-11-12-20(23-15-19)24-21(25)13-17-5-3-2-4-6-17/h2-12,15,22H,13-14H2,1H3,(H,23,24,25). The Morgan fingerprint density at radius 2 is 1.68 bits per heavy atom. The van der Waals surface area contributed by atoms with Crippen molar-refractivity contribution in [1.82, 2.24) is 4.98 Å². The van der Waals surface area contributed by atoms with Gasteiger partial charge in [0.15, 0.2) is 0 Å². The third kappa shape index (κ3) is 5.18. The van der Waals surface area contributed by atoms with Crippen molar-refractivity contribution in [3.05, 3.63) is 89.6 Å². The van der Waals surface area contributed by atoms with Crippen LogP contribution in [0.4, 0.5) is 11.5 Å². The molecule has 3 aromatic rings. The molecule has 0 bridgehead atoms. The van der Waals surface area contributed by atoms with Crippen LogP contribution >= 0.6 is 0 Å². The number of anilines is 2. The summed E-state index contributed by atoms with van der Waals surface area (Å²) in [6.45, 7) is 2.81. The summed E-state index contributed by atoms with van der Waals surface area (Å²) in [4.78, 5) is 16.3. The number of carbonyl (C=O) groups excluding carboxylic acids is 1. The summed E-state index contributed by atoms with van der Waals surface area (Å²) in [5, 5.41) is 6.15. The zero-order valence-corrected chi connectivity index (χ0v) is 14.2. The smallest absolute Gasteiger partial charge is 0.229 e. The maximum atomic E-state index is 12.0. The average Bonchev–Trinajstić information content (AvgIpc) is 2.63. The number of carbonyl (C=O) groups is 1. The van der Waals surface area contributed by atoms with Crippen molar-refractivity contribution in [2.45, 2.75) is 19.9 Å². The first-order valence-electron chi connectivity index (χ1n) is 8.28. The molecular weight excluding hydrogens is 310 g/mol. The number of aromatic nitrogens is 1. The fourth-order valence-electron chi connectivity index (χ4n) is 2.45. The number of benzene rings is 2. The van der Waals surface area contributed by atoms with E-state index in [1.807, 2.05) is 36.4 Å². The van der Waals surface area contributed by atoms with E-state index in [2.05, 4.69) is 46.8 Å². The van der Waals surface area contributed by atoms with Crippen LogP contribution in [0.2, 0.25) is 0 Å². The molecule has 2 N–H and O–H groups in total. The van der Waals surface area contributed by atoms with E-state index < -0.39 is 0 Å². The highest BCUT2D eigenvalue weighted by Gasteiger charge is 2.04. The molecule has 0 saturated carbocycles. The van der Waals surface area contributed by atoms with Crippen LogP contribution in [0.15, 0.2) is 72.9 Å². The number of pyridine rings is 1. The highest BCUT2D eigenvalue weighted by Crippen LogP contribution is 2.12. The van der Waals surface area contributed by atoms with Crippen LogP contribution < -0.4 is 10.6 Å². The molecule has 2 aromatic carbocycles. The molecule has 1 heterocycles. The summed E-state index contributed by atoms with van der Waals surface area (Å²) in [5.41, 5.74) is 4.37. The summed E-state index contributed by atoms with van der Waals surface area (Å²) >= 11 is 0. The molecule has 0 aliphatic rings. The van der Waals surface area contributed by atoms with Crippen molar-refractivity contribution in [3.63, 3.8) is 0 Å². The highest BCUT2D eigenvalue weighted by atomic mass is 16.1. The van der Waals surface area contributed by atoms with Gasteiger partial charge >= 0.3 is 0 Å². The van der Waals surface area contributed by atoms with E-state index in [4.69, 9.17) is 0 Å². The Hall–Kier alpha value is -3.14. The largest absolute Gasteiger partial charge is 0.380 e. The molecule has 0 radical (unpaired) electrons. The second-order valence-electron chi connectivity index (χ2n) is 5.98. The maximum Gasteiger partial charge on any atom is 0.229 e. The molecule has 0 atom stereocenters. The molecule has 0 fully saturated rings. The van der Waals surface area contributed by atoms with Crippen LogP contribution in [0.25, 0.3) is 0 Å². The van der Waals surface area contributed by atoms with Gasteiger partial charge < -0.3 is 10.6 Å². The average molecular weight is 331 g/mol. The van der Waals surface area contributed by atoms with E-state index in [0.717, 1.165) is 17.8 Å². The third-order valence-electron chi connectivity index (χ3n) is 3.86. The van der Waals surface area contributed by atoms with Crippen molar-refractivity contribution in [3.8, 4) is 0 Å². The maximum absolute atomic E-state index is 12.0. The van der Waals surface area contributed by atoms with E-state index in [-0.39, 0.29) is 5.91 Å². The van der Waals surface area contributed by atoms with Gasteiger partial charge in [0.1, 0.15) is 5.82 Å². The molecule has 0 spiro atoms. The van der Waals surface area contributed by atoms with Gasteiger partial charge in [-0.25, -0.2) is 4.98 Å². The lowest BCUT2D eigenvalue weighted by molar-refractivity contribution is -0.115. The molecule has 4 heteroatoms. The lowest BCUT2D eigenvalue weighted by Gasteiger charge is -2.08. The molecule has 1 aromatic heterocycles. The fourth-order valence-corrected chi connectivity index (χ4v) is 2.45. The number of nitrogens with zero attached hydrogens (tertiary/aromatic N) is 1. The van der Waals surface area contributed by atoms with Gasteiger partial charge in [-0.1, -0.05) is 60.2 Å². The van der Waals surface area contributed by atoms with E-state index in [1.165, 1.54) is 11.1 Å². The molecule has 0 saturated heterocycles. The zero-order chi connectivity index (χ0) is 17.5. The Morgan fingerprint density at radius 1 is 0.920 bits per heavy atom. The Bertz CT molecular complexity index is 812. The van der Waals surface area contributed by atoms with E-state index >= 15 is 0 Å². The first-order valence-corrected chi connectivity index (χ1v) is 8.28. The van der Waals surface area contributed by atoms with Gasteiger partial charge in [-0.2, -0.15) is 0 Å². The number of hydrogen-bond donors (Lipinski definition) is 2. The van der Waals surface area contributed by atoms with Crippen molar-refractivity contribution in [2.75, 3.05) is 10.6 Å². The molecule has 126 valence electrons. The topological polar surface area (TPSA) is 54.0 Å². The molecular formula is C21H21N3O. The van der Waals surface area contributed by atoms with Crippen molar-refractivity contribution >= 4 is 17.4 Å². The summed E-state index contributed by atoms with van der Waals surface area (Å²) in [5.74, 6) is 0.487. The van der Waals surface area contributed by atoms with E-state index in [0.29, 0.717) is 12.2 Å². The molecule has 0 aliphatic carbocycles. The van der Waals surface area contributed by atoms with Crippen molar-refractivity contribution in [1.29, 1.82) is 0 Å². The Morgan fingerprint density at radius 3 is 2.36 bits per heavy atom. The minimum absolute atomic E-state index is 0.0703. The first kappa shape index (κ1) is 16.7. The van der Waals surface area contributed by atoms with Crippen molar-refractivity contribution in [2.24, 2.45) is 0 Å². The minimum Gasteiger partial charge on any atom is -0.380 e. The fraction of sp³-hybridized carbons (Fsp3) is 0.143. The van der Waals surface area contributed by atoms with Crippen LogP contribution in [-0.4, -0.2) is 10.9 Å². The predicted octanol–water partition coefficient (Wildman–Crippen LogP) is 4.18. The molecule has 25 heavy (non-hydrogen) atoms. The third-order valence-corrected chi connectivity index (χ3v) is 3.86. The van der Waals surface area contributed by atoms with Gasteiger partial charge in [0, 0.05) is 6.54 Å². The number of hydrogen-bond acceptors (Lipinski definition) is 3. The summed E-state index contributed by atoms with van der Waals surface area (Å²) in [6, 6.07) is 21.8. The highest BCUT2D eigenvalue weighted by molar-refractivity contribution is 5.91. The predicted molar refractivity (Wildman–Crippen MR) is 102 cm³/mol. The lowest BCUT2D eigenvalue weighted by Crippen LogP contribution is -2.15. The lowest BCUT2D eigenvalue weighted by atomic mass is 10.1. The van der Waals surface area contributed by atoms with Crippen molar-refractivity contribution < 1.29 is 4.79 Å². The van der Waals surface area contributed by atoms with Gasteiger partial charge in [-0.15, -0.1) is 0 Å². The molecule has 3 rings (SSSR count). The first-order chi connectivity index (χ1) is 12.2. The minimum atomic E-state index is -0.0703. The number of aryl methyl sites for hydroxylation is 1. The van der Waals surface area contributed by atoms with Gasteiger partial charge in [-0.3, -0.25) is 4.79 Å². The van der Waals surface area contributed by atoms with E-state index in [9.17, 15) is 4.79 Å². The quantitative estimate of drug-likeness (QED) is 0.712. The number of rotatable bonds is 6. The number of nitrogens with one attached hydrogen (secondary N) is 2. The monoisotopic (exact) mass is 331 g/mol. The Labute approximate surface area is 147 Å². The second kappa shape index (κ2) is 8.11. The van der Waals surface area contributed by atoms with E-state index in [1.54, 1.807) is 12.3 Å². The molecule has 4 nitrogen and oxygen atoms in total.